The lowest BCUT2D eigenvalue weighted by Gasteiger charge is -2.37. The quantitative estimate of drug-likeness (QED) is 0.832. The molecule has 0 saturated carbocycles. The number of hydrogen-bond acceptors (Lipinski definition) is 3. The van der Waals surface area contributed by atoms with Crippen molar-refractivity contribution in [3.63, 3.8) is 0 Å². The normalized spacial score (nSPS) is 36.0. The van der Waals surface area contributed by atoms with Crippen LogP contribution in [0, 0.1) is 5.92 Å². The first-order chi connectivity index (χ1) is 8.31. The first-order valence-corrected chi connectivity index (χ1v) is 8.44. The van der Waals surface area contributed by atoms with E-state index in [0.29, 0.717) is 0 Å². The van der Waals surface area contributed by atoms with Crippen LogP contribution in [0.25, 0.3) is 0 Å². The Labute approximate surface area is 111 Å². The molecule has 0 amide bonds. The van der Waals surface area contributed by atoms with Gasteiger partial charge >= 0.3 is 0 Å². The molecule has 2 aliphatic rings. The second kappa shape index (κ2) is 7.01. The zero-order valence-electron chi connectivity index (χ0n) is 11.5. The Morgan fingerprint density at radius 3 is 2.94 bits per heavy atom. The van der Waals surface area contributed by atoms with Gasteiger partial charge in [0.2, 0.25) is 0 Å². The first kappa shape index (κ1) is 13.7. The van der Waals surface area contributed by atoms with Gasteiger partial charge in [-0.1, -0.05) is 20.3 Å². The van der Waals surface area contributed by atoms with Crippen molar-refractivity contribution < 1.29 is 0 Å². The molecule has 2 heterocycles. The summed E-state index contributed by atoms with van der Waals surface area (Å²) in [4.78, 5) is 2.69. The molecule has 0 aromatic carbocycles. The maximum atomic E-state index is 3.72. The Morgan fingerprint density at radius 1 is 1.29 bits per heavy atom. The first-order valence-electron chi connectivity index (χ1n) is 7.39. The lowest BCUT2D eigenvalue weighted by molar-refractivity contribution is 0.203. The molecule has 100 valence electrons. The summed E-state index contributed by atoms with van der Waals surface area (Å²) in [6.07, 6.45) is 5.49. The van der Waals surface area contributed by atoms with Crippen molar-refractivity contribution in [2.75, 3.05) is 31.9 Å². The van der Waals surface area contributed by atoms with Gasteiger partial charge in [-0.2, -0.15) is 11.8 Å². The molecule has 3 atom stereocenters. The summed E-state index contributed by atoms with van der Waals surface area (Å²) in [5, 5.41) is 4.60. The summed E-state index contributed by atoms with van der Waals surface area (Å²) in [7, 11) is 0. The Hall–Kier alpha value is 0.270. The number of nitrogens with one attached hydrogen (secondary N) is 1. The van der Waals surface area contributed by atoms with Gasteiger partial charge in [0, 0.05) is 36.7 Å². The average Bonchev–Trinajstić information content (AvgIpc) is 2.39. The minimum atomic E-state index is 0.759. The van der Waals surface area contributed by atoms with E-state index in [-0.39, 0.29) is 0 Å². The predicted octanol–water partition coefficient (Wildman–Crippen LogP) is 2.59. The molecule has 2 aliphatic heterocycles. The molecular weight excluding hydrogens is 228 g/mol. The Bertz CT molecular complexity index is 200. The van der Waals surface area contributed by atoms with Crippen LogP contribution in [0.2, 0.25) is 0 Å². The number of hydrogen-bond donors (Lipinski definition) is 1. The van der Waals surface area contributed by atoms with Crippen molar-refractivity contribution in [3.8, 4) is 0 Å². The Kier molecular flexibility index (Phi) is 5.64. The maximum Gasteiger partial charge on any atom is 0.0197 e. The molecule has 2 fully saturated rings. The van der Waals surface area contributed by atoms with Crippen molar-refractivity contribution in [1.29, 1.82) is 0 Å². The van der Waals surface area contributed by atoms with E-state index in [0.717, 1.165) is 17.2 Å². The molecule has 0 aromatic rings. The summed E-state index contributed by atoms with van der Waals surface area (Å²) in [6.45, 7) is 9.81. The zero-order chi connectivity index (χ0) is 12.1. The maximum absolute atomic E-state index is 3.72. The largest absolute Gasteiger partial charge is 0.313 e. The van der Waals surface area contributed by atoms with Gasteiger partial charge in [-0.15, -0.1) is 0 Å². The molecule has 17 heavy (non-hydrogen) atoms. The van der Waals surface area contributed by atoms with Crippen LogP contribution in [0.3, 0.4) is 0 Å². The molecule has 3 heteroatoms. The minimum Gasteiger partial charge on any atom is -0.313 e. The second-order valence-electron chi connectivity index (χ2n) is 5.61. The van der Waals surface area contributed by atoms with Crippen molar-refractivity contribution >= 4 is 11.8 Å². The van der Waals surface area contributed by atoms with E-state index in [2.05, 4.69) is 35.8 Å². The third-order valence-electron chi connectivity index (χ3n) is 4.34. The third kappa shape index (κ3) is 4.15. The molecule has 0 aliphatic carbocycles. The zero-order valence-corrected chi connectivity index (χ0v) is 12.3. The fraction of sp³-hybridized carbons (Fsp3) is 1.00. The second-order valence-corrected chi connectivity index (χ2v) is 7.02. The van der Waals surface area contributed by atoms with Crippen molar-refractivity contribution in [2.45, 2.75) is 50.8 Å². The van der Waals surface area contributed by atoms with Gasteiger partial charge in [0.25, 0.3) is 0 Å². The number of nitrogens with zero attached hydrogens (tertiary/aromatic N) is 1. The SMILES string of the molecule is CCC1CCNC(CN2CCSC(CC)C2)C1. The predicted molar refractivity (Wildman–Crippen MR) is 77.8 cm³/mol. The van der Waals surface area contributed by atoms with Crippen LogP contribution in [-0.2, 0) is 0 Å². The van der Waals surface area contributed by atoms with E-state index in [1.165, 1.54) is 57.6 Å². The third-order valence-corrected chi connectivity index (χ3v) is 5.71. The van der Waals surface area contributed by atoms with Crippen LogP contribution in [0.1, 0.15) is 39.5 Å². The van der Waals surface area contributed by atoms with Crippen LogP contribution in [0.4, 0.5) is 0 Å². The van der Waals surface area contributed by atoms with Crippen LogP contribution in [-0.4, -0.2) is 48.1 Å². The van der Waals surface area contributed by atoms with Crippen molar-refractivity contribution in [2.24, 2.45) is 5.92 Å². The topological polar surface area (TPSA) is 15.3 Å². The highest BCUT2D eigenvalue weighted by Crippen LogP contribution is 2.23. The molecular formula is C14H28N2S. The van der Waals surface area contributed by atoms with Crippen LogP contribution < -0.4 is 5.32 Å². The number of thioether (sulfide) groups is 1. The molecule has 0 bridgehead atoms. The summed E-state index contributed by atoms with van der Waals surface area (Å²) in [6, 6.07) is 0.759. The average molecular weight is 256 g/mol. The van der Waals surface area contributed by atoms with E-state index < -0.39 is 0 Å². The Balaban J connectivity index is 1.75. The van der Waals surface area contributed by atoms with Gasteiger partial charge in [0.1, 0.15) is 0 Å². The highest BCUT2D eigenvalue weighted by Gasteiger charge is 2.25. The molecule has 2 rings (SSSR count). The number of rotatable bonds is 4. The van der Waals surface area contributed by atoms with Crippen LogP contribution >= 0.6 is 11.8 Å². The van der Waals surface area contributed by atoms with Crippen LogP contribution in [0.15, 0.2) is 0 Å². The summed E-state index contributed by atoms with van der Waals surface area (Å²) in [5.41, 5.74) is 0. The van der Waals surface area contributed by atoms with Crippen molar-refractivity contribution in [1.82, 2.24) is 10.2 Å². The van der Waals surface area contributed by atoms with Gasteiger partial charge in [-0.25, -0.2) is 0 Å². The van der Waals surface area contributed by atoms with Gasteiger partial charge in [-0.05, 0) is 31.7 Å². The Morgan fingerprint density at radius 2 is 2.18 bits per heavy atom. The highest BCUT2D eigenvalue weighted by atomic mass is 32.2. The van der Waals surface area contributed by atoms with E-state index in [1.807, 2.05) is 0 Å². The summed E-state index contributed by atoms with van der Waals surface area (Å²) in [5.74, 6) is 2.31. The molecule has 2 saturated heterocycles. The molecule has 0 radical (unpaired) electrons. The number of piperidine rings is 1. The van der Waals surface area contributed by atoms with E-state index in [4.69, 9.17) is 0 Å². The molecule has 1 N–H and O–H groups in total. The fourth-order valence-corrected chi connectivity index (χ4v) is 4.36. The summed E-state index contributed by atoms with van der Waals surface area (Å²) < 4.78 is 0. The molecule has 3 unspecified atom stereocenters. The van der Waals surface area contributed by atoms with Gasteiger partial charge in [0.15, 0.2) is 0 Å². The molecule has 2 nitrogen and oxygen atoms in total. The fourth-order valence-electron chi connectivity index (χ4n) is 3.11. The van der Waals surface area contributed by atoms with Crippen molar-refractivity contribution in [3.05, 3.63) is 0 Å². The standard InChI is InChI=1S/C14H28N2S/c1-3-12-5-6-15-13(9-12)10-16-7-8-17-14(4-2)11-16/h12-15H,3-11H2,1-2H3. The van der Waals surface area contributed by atoms with Gasteiger partial charge in [0.05, 0.1) is 0 Å². The van der Waals surface area contributed by atoms with Crippen LogP contribution in [0.5, 0.6) is 0 Å². The van der Waals surface area contributed by atoms with Gasteiger partial charge < -0.3 is 5.32 Å². The van der Waals surface area contributed by atoms with E-state index in [1.54, 1.807) is 0 Å². The monoisotopic (exact) mass is 256 g/mol. The smallest absolute Gasteiger partial charge is 0.0197 e. The summed E-state index contributed by atoms with van der Waals surface area (Å²) >= 11 is 2.17. The molecule has 0 aromatic heterocycles. The minimum absolute atomic E-state index is 0.759. The van der Waals surface area contributed by atoms with Gasteiger partial charge in [-0.3, -0.25) is 4.90 Å². The lowest BCUT2D eigenvalue weighted by atomic mass is 9.90. The van der Waals surface area contributed by atoms with E-state index in [9.17, 15) is 0 Å². The molecule has 0 spiro atoms. The lowest BCUT2D eigenvalue weighted by Crippen LogP contribution is -2.49. The van der Waals surface area contributed by atoms with E-state index >= 15 is 0 Å². The highest BCUT2D eigenvalue weighted by molar-refractivity contribution is 8.00.